The van der Waals surface area contributed by atoms with Crippen molar-refractivity contribution in [3.63, 3.8) is 0 Å². The van der Waals surface area contributed by atoms with E-state index in [1.54, 1.807) is 0 Å². The van der Waals surface area contributed by atoms with Crippen LogP contribution >= 0.6 is 0 Å². The molecule has 0 atom stereocenters. The van der Waals surface area contributed by atoms with Crippen LogP contribution in [0.5, 0.6) is 23.0 Å². The zero-order valence-electron chi connectivity index (χ0n) is 24.5. The third-order valence-electron chi connectivity index (χ3n) is 5.61. The third-order valence-corrected chi connectivity index (χ3v) is 5.61. The largest absolute Gasteiger partial charge is 0.457 e. The number of hydrogen-bond donors (Lipinski definition) is 0. The molecule has 0 unspecified atom stereocenters. The van der Waals surface area contributed by atoms with E-state index in [4.69, 9.17) is 18.9 Å². The highest BCUT2D eigenvalue weighted by molar-refractivity contribution is 5.90. The van der Waals surface area contributed by atoms with Crippen LogP contribution in [0.25, 0.3) is 12.2 Å². The monoisotopic (exact) mass is 674 g/mol. The second-order valence-electron chi connectivity index (χ2n) is 8.89. The normalized spacial score (nSPS) is 11.1. The minimum Gasteiger partial charge on any atom is -0.457 e. The van der Waals surface area contributed by atoms with Crippen molar-refractivity contribution in [2.24, 2.45) is 0 Å². The van der Waals surface area contributed by atoms with E-state index in [0.717, 1.165) is 54.6 Å². The van der Waals surface area contributed by atoms with E-state index in [1.807, 2.05) is 0 Å². The zero-order chi connectivity index (χ0) is 35.3. The average molecular weight is 675 g/mol. The predicted octanol–water partition coefficient (Wildman–Crippen LogP) is 6.35. The molecule has 10 nitrogen and oxygen atoms in total. The molecule has 0 radical (unpaired) electrons. The van der Waals surface area contributed by atoms with Gasteiger partial charge in [0, 0.05) is 47.6 Å². The first-order valence-electron chi connectivity index (χ1n) is 13.2. The van der Waals surface area contributed by atoms with Crippen molar-refractivity contribution in [1.29, 1.82) is 0 Å². The van der Waals surface area contributed by atoms with Crippen LogP contribution in [0, 0.1) is 11.6 Å². The Hall–Kier alpha value is -6.25. The Balaban J connectivity index is 1.63. The summed E-state index contributed by atoms with van der Waals surface area (Å²) in [6, 6.07) is 8.90. The van der Waals surface area contributed by atoms with Crippen molar-refractivity contribution < 1.29 is 69.6 Å². The molecule has 48 heavy (non-hydrogen) atoms. The summed E-state index contributed by atoms with van der Waals surface area (Å²) >= 11 is 0. The molecule has 3 aromatic carbocycles. The smallest absolute Gasteiger partial charge is 0.420 e. The number of rotatable bonds is 14. The number of benzene rings is 3. The van der Waals surface area contributed by atoms with E-state index in [0.29, 0.717) is 12.1 Å². The van der Waals surface area contributed by atoms with E-state index in [-0.39, 0.29) is 22.6 Å². The summed E-state index contributed by atoms with van der Waals surface area (Å²) in [5.74, 6) is -7.22. The van der Waals surface area contributed by atoms with E-state index >= 15 is 0 Å². The first kappa shape index (κ1) is 36.2. The molecular formula is C33H23F5O10. The molecule has 0 saturated carbocycles. The van der Waals surface area contributed by atoms with Gasteiger partial charge in [0.15, 0.2) is 0 Å². The van der Waals surface area contributed by atoms with E-state index in [1.165, 1.54) is 24.3 Å². The molecule has 0 aromatic heterocycles. The summed E-state index contributed by atoms with van der Waals surface area (Å²) < 4.78 is 98.9. The lowest BCUT2D eigenvalue weighted by molar-refractivity contribution is -0.145. The van der Waals surface area contributed by atoms with E-state index in [2.05, 4.69) is 22.6 Å². The van der Waals surface area contributed by atoms with Crippen molar-refractivity contribution in [3.8, 4) is 23.0 Å². The maximum atomic E-state index is 14.4. The van der Waals surface area contributed by atoms with E-state index < -0.39 is 72.3 Å². The molecule has 0 bridgehead atoms. The average Bonchev–Trinajstić information content (AvgIpc) is 3.04. The maximum absolute atomic E-state index is 14.4. The fourth-order valence-corrected chi connectivity index (χ4v) is 3.39. The number of ether oxygens (including phenoxy) is 6. The second-order valence-corrected chi connectivity index (χ2v) is 8.89. The predicted molar refractivity (Wildman–Crippen MR) is 157 cm³/mol. The van der Waals surface area contributed by atoms with Crippen molar-refractivity contribution in [3.05, 3.63) is 120 Å². The van der Waals surface area contributed by atoms with E-state index in [9.17, 15) is 41.1 Å². The Labute approximate surface area is 268 Å². The fraction of sp³-hybridized carbons (Fsp3) is 0.0909. The summed E-state index contributed by atoms with van der Waals surface area (Å²) in [6.07, 6.45) is 0.126. The van der Waals surface area contributed by atoms with Gasteiger partial charge in [0.1, 0.15) is 40.2 Å². The first-order valence-corrected chi connectivity index (χ1v) is 13.2. The summed E-state index contributed by atoms with van der Waals surface area (Å²) in [4.78, 5) is 46.5. The van der Waals surface area contributed by atoms with Gasteiger partial charge >= 0.3 is 30.1 Å². The highest BCUT2D eigenvalue weighted by Gasteiger charge is 2.35. The minimum absolute atomic E-state index is 0.00148. The molecule has 15 heteroatoms. The minimum atomic E-state index is -5.06. The molecule has 0 saturated heterocycles. The second kappa shape index (κ2) is 16.9. The summed E-state index contributed by atoms with van der Waals surface area (Å²) in [5.41, 5.74) is -1.72. The SMILES string of the molecule is C=CC(=O)OCOc1ccc(/C=C/C(=O)Oc2ccc(OC(=O)/C=C/c3ccc(OCOC(=O)C=C)cc3F)c(C(F)(F)F)c2)c(F)c1. The van der Waals surface area contributed by atoms with Crippen LogP contribution < -0.4 is 18.9 Å². The van der Waals surface area contributed by atoms with Crippen LogP contribution in [0.2, 0.25) is 0 Å². The van der Waals surface area contributed by atoms with Crippen molar-refractivity contribution >= 4 is 36.0 Å². The topological polar surface area (TPSA) is 124 Å². The number of halogens is 5. The molecule has 0 spiro atoms. The number of esters is 4. The zero-order valence-corrected chi connectivity index (χ0v) is 24.5. The first-order chi connectivity index (χ1) is 22.8. The van der Waals surface area contributed by atoms with Crippen molar-refractivity contribution in [1.82, 2.24) is 0 Å². The lowest BCUT2D eigenvalue weighted by atomic mass is 10.1. The molecule has 0 N–H and O–H groups in total. The Morgan fingerprint density at radius 3 is 1.52 bits per heavy atom. The number of carbonyl (C=O) groups is 4. The Kier molecular flexibility index (Phi) is 12.7. The van der Waals surface area contributed by atoms with Gasteiger partial charge in [-0.2, -0.15) is 13.2 Å². The van der Waals surface area contributed by atoms with Crippen LogP contribution in [0.15, 0.2) is 92.1 Å². The highest BCUT2D eigenvalue weighted by Crippen LogP contribution is 2.38. The summed E-state index contributed by atoms with van der Waals surface area (Å²) in [5, 5.41) is 0. The lowest BCUT2D eigenvalue weighted by Crippen LogP contribution is -2.13. The number of hydrogen-bond acceptors (Lipinski definition) is 10. The summed E-state index contributed by atoms with van der Waals surface area (Å²) in [6.45, 7) is 5.37. The molecule has 3 rings (SSSR count). The maximum Gasteiger partial charge on any atom is 0.420 e. The van der Waals surface area contributed by atoms with Crippen LogP contribution in [0.1, 0.15) is 16.7 Å². The van der Waals surface area contributed by atoms with Gasteiger partial charge in [-0.1, -0.05) is 13.2 Å². The molecule has 0 aliphatic rings. The Morgan fingerprint density at radius 1 is 0.625 bits per heavy atom. The van der Waals surface area contributed by atoms with Crippen molar-refractivity contribution in [2.75, 3.05) is 13.6 Å². The van der Waals surface area contributed by atoms with Gasteiger partial charge in [0.05, 0.1) is 0 Å². The van der Waals surface area contributed by atoms with Crippen LogP contribution in [-0.2, 0) is 34.8 Å². The van der Waals surface area contributed by atoms with Gasteiger partial charge in [-0.3, -0.25) is 0 Å². The van der Waals surface area contributed by atoms with Crippen molar-refractivity contribution in [2.45, 2.75) is 6.18 Å². The highest BCUT2D eigenvalue weighted by atomic mass is 19.4. The number of carbonyl (C=O) groups excluding carboxylic acids is 4. The van der Waals surface area contributed by atoms with Gasteiger partial charge in [-0.15, -0.1) is 0 Å². The van der Waals surface area contributed by atoms with Crippen LogP contribution in [-0.4, -0.2) is 37.5 Å². The van der Waals surface area contributed by atoms with Gasteiger partial charge < -0.3 is 28.4 Å². The molecule has 0 aliphatic heterocycles. The Morgan fingerprint density at radius 2 is 1.08 bits per heavy atom. The molecule has 0 heterocycles. The third kappa shape index (κ3) is 11.3. The van der Waals surface area contributed by atoms with Gasteiger partial charge in [0.2, 0.25) is 13.6 Å². The number of alkyl halides is 3. The van der Waals surface area contributed by atoms with Gasteiger partial charge in [0.25, 0.3) is 0 Å². The fourth-order valence-electron chi connectivity index (χ4n) is 3.39. The standard InChI is InChI=1S/C33H23F5O10/c1-3-29(39)45-18-43-22-9-5-20(26(34)16-22)7-13-31(41)47-24-11-12-28(25(15-24)33(36,37)38)48-32(42)14-8-21-6-10-23(17-27(21)35)44-19-46-30(40)4-2/h3-17H,1-2,18-19H2/b13-7+,14-8+. The van der Waals surface area contributed by atoms with Gasteiger partial charge in [-0.05, 0) is 54.6 Å². The molecular weight excluding hydrogens is 651 g/mol. The van der Waals surface area contributed by atoms with Gasteiger partial charge in [-0.25, -0.2) is 28.0 Å². The quantitative estimate of drug-likeness (QED) is 0.0628. The molecule has 0 fully saturated rings. The summed E-state index contributed by atoms with van der Waals surface area (Å²) in [7, 11) is 0. The van der Waals surface area contributed by atoms with Crippen LogP contribution in [0.4, 0.5) is 22.0 Å². The lowest BCUT2D eigenvalue weighted by Gasteiger charge is -2.13. The molecule has 0 amide bonds. The molecule has 3 aromatic rings. The molecule has 0 aliphatic carbocycles. The van der Waals surface area contributed by atoms with Crippen LogP contribution in [0.3, 0.4) is 0 Å². The molecule has 250 valence electrons. The Bertz CT molecular complexity index is 1760.